The fraction of sp³-hybridized carbons (Fsp3) is 0.667. The van der Waals surface area contributed by atoms with Crippen LogP contribution in [0.2, 0.25) is 0 Å². The molecule has 3 rings (SSSR count). The third kappa shape index (κ3) is 3.60. The summed E-state index contributed by atoms with van der Waals surface area (Å²) in [7, 11) is 0. The highest BCUT2D eigenvalue weighted by Gasteiger charge is 2.50. The van der Waals surface area contributed by atoms with Gasteiger partial charge >= 0.3 is 5.82 Å². The lowest BCUT2D eigenvalue weighted by molar-refractivity contribution is -0.390. The number of hydrogen-bond donors (Lipinski definition) is 0. The van der Waals surface area contributed by atoms with Gasteiger partial charge in [0.05, 0.1) is 0 Å². The monoisotopic (exact) mass is 347 g/mol. The fourth-order valence-electron chi connectivity index (χ4n) is 4.75. The third-order valence-corrected chi connectivity index (χ3v) is 5.24. The van der Waals surface area contributed by atoms with Crippen molar-refractivity contribution in [3.8, 4) is 5.75 Å². The highest BCUT2D eigenvalue weighted by Crippen LogP contribution is 2.52. The molecule has 2 aliphatic rings. The second kappa shape index (κ2) is 5.97. The zero-order valence-electron chi connectivity index (χ0n) is 15.2. The van der Waals surface area contributed by atoms with Crippen molar-refractivity contribution < 1.29 is 14.5 Å². The maximum absolute atomic E-state index is 12.7. The van der Waals surface area contributed by atoms with Crippen LogP contribution in [0.5, 0.6) is 5.75 Å². The van der Waals surface area contributed by atoms with E-state index in [2.05, 4.69) is 25.8 Å². The molecule has 0 N–H and O–H groups in total. The summed E-state index contributed by atoms with van der Waals surface area (Å²) >= 11 is 0. The molecule has 0 aromatic carbocycles. The summed E-state index contributed by atoms with van der Waals surface area (Å²) in [6.45, 7) is 8.96. The standard InChI is InChI=1S/C18H25N3O4/c1-12-5-6-14(16(19-12)21(23)24)25-9-15(22)20-11-18(4)8-13(20)7-17(2,3)10-18/h5-6,13H,7-11H2,1-4H3/t13-,18-/m1/s1. The summed E-state index contributed by atoms with van der Waals surface area (Å²) in [5.74, 6) is -0.417. The molecule has 1 aliphatic carbocycles. The number of nitro groups is 1. The Labute approximate surface area is 147 Å². The van der Waals surface area contributed by atoms with Crippen LogP contribution in [-0.2, 0) is 4.79 Å². The van der Waals surface area contributed by atoms with Crippen molar-refractivity contribution in [2.75, 3.05) is 13.2 Å². The third-order valence-electron chi connectivity index (χ3n) is 5.24. The number of likely N-dealkylation sites (tertiary alicyclic amines) is 1. The number of pyridine rings is 1. The number of hydrogen-bond acceptors (Lipinski definition) is 5. The molecule has 1 aromatic rings. The Bertz CT molecular complexity index is 718. The van der Waals surface area contributed by atoms with Crippen molar-refractivity contribution >= 4 is 11.7 Å². The largest absolute Gasteiger partial charge is 0.476 e. The molecule has 0 spiro atoms. The molecule has 0 unspecified atom stereocenters. The number of carbonyl (C=O) groups excluding carboxylic acids is 1. The molecule has 0 radical (unpaired) electrons. The zero-order chi connectivity index (χ0) is 18.4. The average Bonchev–Trinajstić information content (AvgIpc) is 2.74. The molecule has 7 heteroatoms. The van der Waals surface area contributed by atoms with E-state index in [9.17, 15) is 14.9 Å². The molecule has 2 bridgehead atoms. The van der Waals surface area contributed by atoms with E-state index in [0.29, 0.717) is 5.69 Å². The number of aromatic nitrogens is 1. The van der Waals surface area contributed by atoms with E-state index in [0.717, 1.165) is 25.8 Å². The van der Waals surface area contributed by atoms with Crippen LogP contribution in [0.1, 0.15) is 45.7 Å². The first kappa shape index (κ1) is 17.6. The highest BCUT2D eigenvalue weighted by atomic mass is 16.6. The Balaban J connectivity index is 1.69. The SMILES string of the molecule is Cc1ccc(OCC(=O)N2C[C@]3(C)C[C@H]2CC(C)(C)C3)c([N+](=O)[O-])n1. The topological polar surface area (TPSA) is 85.6 Å². The van der Waals surface area contributed by atoms with Gasteiger partial charge in [0, 0.05) is 19.5 Å². The van der Waals surface area contributed by atoms with Gasteiger partial charge in [-0.15, -0.1) is 0 Å². The molecule has 2 fully saturated rings. The van der Waals surface area contributed by atoms with Crippen LogP contribution in [0.25, 0.3) is 0 Å². The lowest BCUT2D eigenvalue weighted by Gasteiger charge is -2.39. The molecule has 2 heterocycles. The van der Waals surface area contributed by atoms with Gasteiger partial charge in [0.2, 0.25) is 5.75 Å². The fourth-order valence-corrected chi connectivity index (χ4v) is 4.75. The summed E-state index contributed by atoms with van der Waals surface area (Å²) in [6, 6.07) is 3.37. The number of rotatable bonds is 4. The first-order chi connectivity index (χ1) is 11.6. The maximum atomic E-state index is 12.7. The van der Waals surface area contributed by atoms with Crippen molar-refractivity contribution in [3.05, 3.63) is 27.9 Å². The van der Waals surface area contributed by atoms with Crippen molar-refractivity contribution in [1.29, 1.82) is 0 Å². The minimum absolute atomic E-state index is 0.0395. The normalized spacial score (nSPS) is 27.2. The molecular weight excluding hydrogens is 322 g/mol. The Morgan fingerprint density at radius 1 is 1.40 bits per heavy atom. The Kier molecular flexibility index (Phi) is 4.21. The predicted molar refractivity (Wildman–Crippen MR) is 92.4 cm³/mol. The minimum atomic E-state index is -0.584. The van der Waals surface area contributed by atoms with E-state index in [4.69, 9.17) is 4.74 Å². The smallest absolute Gasteiger partial charge is 0.406 e. The van der Waals surface area contributed by atoms with Crippen molar-refractivity contribution in [2.24, 2.45) is 10.8 Å². The summed E-state index contributed by atoms with van der Waals surface area (Å²) in [4.78, 5) is 29.0. The van der Waals surface area contributed by atoms with E-state index in [-0.39, 0.29) is 41.0 Å². The predicted octanol–water partition coefficient (Wildman–Crippen LogP) is 3.10. The number of ether oxygens (including phenoxy) is 1. The number of nitrogens with zero attached hydrogens (tertiary/aromatic N) is 3. The molecule has 2 atom stereocenters. The molecule has 1 aliphatic heterocycles. The molecule has 1 aromatic heterocycles. The van der Waals surface area contributed by atoms with Gasteiger partial charge in [0.1, 0.15) is 5.69 Å². The van der Waals surface area contributed by atoms with Crippen LogP contribution in [0.4, 0.5) is 5.82 Å². The van der Waals surface area contributed by atoms with E-state index in [1.165, 1.54) is 6.07 Å². The molecule has 25 heavy (non-hydrogen) atoms. The molecular formula is C18H25N3O4. The number of carbonyl (C=O) groups is 1. The van der Waals surface area contributed by atoms with E-state index in [1.54, 1.807) is 13.0 Å². The summed E-state index contributed by atoms with van der Waals surface area (Å²) < 4.78 is 5.47. The summed E-state index contributed by atoms with van der Waals surface area (Å²) in [6.07, 6.45) is 3.11. The van der Waals surface area contributed by atoms with Gasteiger partial charge in [0.25, 0.3) is 5.91 Å². The average molecular weight is 347 g/mol. The van der Waals surface area contributed by atoms with Gasteiger partial charge in [-0.1, -0.05) is 20.8 Å². The Morgan fingerprint density at radius 3 is 2.80 bits per heavy atom. The van der Waals surface area contributed by atoms with Gasteiger partial charge in [0.15, 0.2) is 6.61 Å². The highest BCUT2D eigenvalue weighted by molar-refractivity contribution is 5.78. The van der Waals surface area contributed by atoms with Crippen LogP contribution in [0, 0.1) is 27.9 Å². The first-order valence-corrected chi connectivity index (χ1v) is 8.63. The lowest BCUT2D eigenvalue weighted by Crippen LogP contribution is -2.40. The van der Waals surface area contributed by atoms with Crippen LogP contribution < -0.4 is 4.74 Å². The molecule has 1 amide bonds. The van der Waals surface area contributed by atoms with E-state index in [1.807, 2.05) is 4.90 Å². The summed E-state index contributed by atoms with van der Waals surface area (Å²) in [5.41, 5.74) is 0.918. The first-order valence-electron chi connectivity index (χ1n) is 8.63. The lowest BCUT2D eigenvalue weighted by atomic mass is 9.65. The Morgan fingerprint density at radius 2 is 2.12 bits per heavy atom. The zero-order valence-corrected chi connectivity index (χ0v) is 15.2. The second-order valence-corrected chi connectivity index (χ2v) is 8.56. The van der Waals surface area contributed by atoms with Crippen molar-refractivity contribution in [2.45, 2.75) is 53.0 Å². The van der Waals surface area contributed by atoms with Crippen LogP contribution >= 0.6 is 0 Å². The molecule has 1 saturated carbocycles. The van der Waals surface area contributed by atoms with Crippen molar-refractivity contribution in [3.63, 3.8) is 0 Å². The van der Waals surface area contributed by atoms with Crippen LogP contribution in [-0.4, -0.2) is 39.9 Å². The minimum Gasteiger partial charge on any atom is -0.476 e. The van der Waals surface area contributed by atoms with Gasteiger partial charge < -0.3 is 19.8 Å². The van der Waals surface area contributed by atoms with Gasteiger partial charge in [-0.2, -0.15) is 0 Å². The van der Waals surface area contributed by atoms with E-state index >= 15 is 0 Å². The van der Waals surface area contributed by atoms with Crippen molar-refractivity contribution in [1.82, 2.24) is 9.88 Å². The maximum Gasteiger partial charge on any atom is 0.406 e. The van der Waals surface area contributed by atoms with Gasteiger partial charge in [-0.25, -0.2) is 0 Å². The molecule has 1 saturated heterocycles. The number of fused-ring (bicyclic) bond motifs is 2. The van der Waals surface area contributed by atoms with Gasteiger partial charge in [-0.3, -0.25) is 4.79 Å². The van der Waals surface area contributed by atoms with Gasteiger partial charge in [-0.05, 0) is 52.1 Å². The van der Waals surface area contributed by atoms with Crippen LogP contribution in [0.15, 0.2) is 12.1 Å². The number of amides is 1. The van der Waals surface area contributed by atoms with Crippen LogP contribution in [0.3, 0.4) is 0 Å². The Hall–Kier alpha value is -2.18. The second-order valence-electron chi connectivity index (χ2n) is 8.56. The van der Waals surface area contributed by atoms with E-state index < -0.39 is 4.92 Å². The molecule has 7 nitrogen and oxygen atoms in total. The quantitative estimate of drug-likeness (QED) is 0.617. The molecule has 136 valence electrons. The summed E-state index contributed by atoms with van der Waals surface area (Å²) in [5, 5.41) is 11.1. The number of aryl methyl sites for hydroxylation is 1.